The highest BCUT2D eigenvalue weighted by molar-refractivity contribution is 5.69. The molecule has 0 saturated carbocycles. The molecule has 0 bridgehead atoms. The van der Waals surface area contributed by atoms with Gasteiger partial charge in [0.15, 0.2) is 18.3 Å². The molecule has 0 spiro atoms. The Morgan fingerprint density at radius 2 is 1.47 bits per heavy atom. The van der Waals surface area contributed by atoms with Gasteiger partial charge in [-0.25, -0.2) is 0 Å². The summed E-state index contributed by atoms with van der Waals surface area (Å²) in [5, 5.41) is 7.83. The van der Waals surface area contributed by atoms with Gasteiger partial charge in [0.1, 0.15) is 6.61 Å². The summed E-state index contributed by atoms with van der Waals surface area (Å²) in [5.41, 5.74) is 0.593. The molecule has 0 amide bonds. The number of azo groups is 1. The Bertz CT molecular complexity index is 791. The van der Waals surface area contributed by atoms with Crippen LogP contribution in [0.4, 0.5) is 5.69 Å². The third-order valence-electron chi connectivity index (χ3n) is 3.33. The van der Waals surface area contributed by atoms with Crippen molar-refractivity contribution < 1.29 is 38.1 Å². The van der Waals surface area contributed by atoms with Crippen LogP contribution < -0.4 is 0 Å². The van der Waals surface area contributed by atoms with Gasteiger partial charge in [0.05, 0.1) is 5.69 Å². The van der Waals surface area contributed by atoms with Crippen molar-refractivity contribution in [3.63, 3.8) is 0 Å². The molecule has 1 aromatic carbocycles. The van der Waals surface area contributed by atoms with Gasteiger partial charge in [-0.3, -0.25) is 19.2 Å². The number of esters is 4. The minimum atomic E-state index is -1.29. The molecule has 0 N–H and O–H groups in total. The lowest BCUT2D eigenvalue weighted by atomic mass is 10.1. The van der Waals surface area contributed by atoms with E-state index in [9.17, 15) is 19.2 Å². The highest BCUT2D eigenvalue weighted by Crippen LogP contribution is 2.17. The van der Waals surface area contributed by atoms with Crippen LogP contribution in [0.2, 0.25) is 0 Å². The molecular formula is C20H24N2O8. The zero-order valence-electron chi connectivity index (χ0n) is 17.1. The summed E-state index contributed by atoms with van der Waals surface area (Å²) in [6.07, 6.45) is -1.16. The molecule has 0 aliphatic carbocycles. The molecule has 1 rings (SSSR count). The molecule has 10 heteroatoms. The fraction of sp³-hybridized carbons (Fsp3) is 0.400. The Morgan fingerprint density at radius 1 is 0.867 bits per heavy atom. The maximum absolute atomic E-state index is 11.6. The third-order valence-corrected chi connectivity index (χ3v) is 3.33. The first-order valence-electron chi connectivity index (χ1n) is 8.96. The lowest BCUT2D eigenvalue weighted by Gasteiger charge is -2.30. The molecule has 0 aromatic heterocycles. The van der Waals surface area contributed by atoms with Crippen molar-refractivity contribution in [1.29, 1.82) is 0 Å². The quantitative estimate of drug-likeness (QED) is 0.321. The van der Waals surface area contributed by atoms with Gasteiger partial charge in [0.2, 0.25) is 0 Å². The molecule has 0 unspecified atom stereocenters. The van der Waals surface area contributed by atoms with Gasteiger partial charge in [0.25, 0.3) is 0 Å². The number of hydrogen-bond donors (Lipinski definition) is 0. The van der Waals surface area contributed by atoms with Crippen molar-refractivity contribution in [2.75, 3.05) is 6.61 Å². The monoisotopic (exact) mass is 420 g/mol. The van der Waals surface area contributed by atoms with Gasteiger partial charge in [-0.15, -0.1) is 0 Å². The van der Waals surface area contributed by atoms with Gasteiger partial charge in [-0.2, -0.15) is 10.2 Å². The summed E-state index contributed by atoms with van der Waals surface area (Å²) in [5.74, 6) is -2.75. The predicted molar refractivity (Wildman–Crippen MR) is 103 cm³/mol. The van der Waals surface area contributed by atoms with Crippen molar-refractivity contribution in [3.8, 4) is 0 Å². The number of rotatable bonds is 10. The van der Waals surface area contributed by atoms with Gasteiger partial charge < -0.3 is 18.9 Å². The molecule has 0 fully saturated rings. The second-order valence-corrected chi connectivity index (χ2v) is 5.99. The second-order valence-electron chi connectivity index (χ2n) is 5.99. The minimum Gasteiger partial charge on any atom is -0.462 e. The summed E-state index contributed by atoms with van der Waals surface area (Å²) < 4.78 is 20.4. The van der Waals surface area contributed by atoms with E-state index in [1.807, 2.05) is 6.07 Å². The van der Waals surface area contributed by atoms with Crippen molar-refractivity contribution in [1.82, 2.24) is 0 Å². The van der Waals surface area contributed by atoms with Crippen molar-refractivity contribution in [2.45, 2.75) is 46.0 Å². The first-order chi connectivity index (χ1) is 14.2. The first-order valence-corrected chi connectivity index (χ1v) is 8.96. The highest BCUT2D eigenvalue weighted by Gasteiger charge is 2.36. The normalized spacial score (nSPS) is 14.0. The average molecular weight is 420 g/mol. The van der Waals surface area contributed by atoms with Crippen LogP contribution in [0.5, 0.6) is 0 Å². The Morgan fingerprint density at radius 3 is 2.00 bits per heavy atom. The first kappa shape index (κ1) is 24.5. The maximum atomic E-state index is 11.6. The summed E-state index contributed by atoms with van der Waals surface area (Å²) in [7, 11) is 0. The summed E-state index contributed by atoms with van der Waals surface area (Å²) in [4.78, 5) is 45.8. The number of ether oxygens (including phenoxy) is 4. The van der Waals surface area contributed by atoms with Crippen LogP contribution in [0, 0.1) is 0 Å². The highest BCUT2D eigenvalue weighted by atomic mass is 16.6. The molecule has 0 aliphatic heterocycles. The molecule has 0 heterocycles. The smallest absolute Gasteiger partial charge is 0.303 e. The largest absolute Gasteiger partial charge is 0.462 e. The topological polar surface area (TPSA) is 130 Å². The van der Waals surface area contributed by atoms with Crippen LogP contribution in [-0.2, 0) is 38.1 Å². The zero-order valence-corrected chi connectivity index (χ0v) is 17.1. The predicted octanol–water partition coefficient (Wildman–Crippen LogP) is 2.64. The van der Waals surface area contributed by atoms with Gasteiger partial charge in [0, 0.05) is 33.9 Å². The zero-order chi connectivity index (χ0) is 22.5. The Labute approximate surface area is 173 Å². The molecule has 3 atom stereocenters. The van der Waals surface area contributed by atoms with Gasteiger partial charge in [-0.05, 0) is 18.2 Å². The minimum absolute atomic E-state index is 0.413. The Kier molecular flexibility index (Phi) is 10.5. The maximum Gasteiger partial charge on any atom is 0.303 e. The van der Waals surface area contributed by atoms with E-state index in [4.69, 9.17) is 18.9 Å². The van der Waals surface area contributed by atoms with Crippen LogP contribution in [0.3, 0.4) is 0 Å². The summed E-state index contributed by atoms with van der Waals surface area (Å²) >= 11 is 0. The number of benzene rings is 1. The number of carbonyl (C=O) groups excluding carboxylic acids is 4. The molecule has 10 nitrogen and oxygen atoms in total. The molecule has 30 heavy (non-hydrogen) atoms. The van der Waals surface area contributed by atoms with E-state index < -0.39 is 48.8 Å². The number of nitrogens with zero attached hydrogens (tertiary/aromatic N) is 2. The van der Waals surface area contributed by atoms with Gasteiger partial charge in [-0.1, -0.05) is 18.2 Å². The summed E-state index contributed by atoms with van der Waals surface area (Å²) in [6, 6.07) is 8.87. The Balaban J connectivity index is 3.14. The molecular weight excluding hydrogens is 396 g/mol. The van der Waals surface area contributed by atoms with Crippen LogP contribution >= 0.6 is 0 Å². The summed E-state index contributed by atoms with van der Waals surface area (Å²) in [6.45, 7) is 4.18. The van der Waals surface area contributed by atoms with E-state index in [0.717, 1.165) is 20.8 Å². The third kappa shape index (κ3) is 10.1. The molecule has 1 aromatic rings. The number of carbonyl (C=O) groups is 4. The lowest BCUT2D eigenvalue weighted by Crippen LogP contribution is -2.46. The number of hydrogen-bond acceptors (Lipinski definition) is 10. The van der Waals surface area contributed by atoms with Crippen molar-refractivity contribution in [3.05, 3.63) is 42.6 Å². The SMILES string of the molecule is CC(=O)OC[C@H](OC(C)=O)[C@H](OC(C)=O)[C@@H](/C=C/N=Nc1ccccc1)OC(C)=O. The van der Waals surface area contributed by atoms with E-state index in [1.165, 1.54) is 19.2 Å². The van der Waals surface area contributed by atoms with Crippen LogP contribution in [0.15, 0.2) is 52.8 Å². The average Bonchev–Trinajstić information content (AvgIpc) is 2.66. The van der Waals surface area contributed by atoms with E-state index in [-0.39, 0.29) is 0 Å². The van der Waals surface area contributed by atoms with Crippen molar-refractivity contribution in [2.24, 2.45) is 10.2 Å². The van der Waals surface area contributed by atoms with E-state index in [1.54, 1.807) is 24.3 Å². The molecule has 0 aliphatic rings. The van der Waals surface area contributed by atoms with E-state index >= 15 is 0 Å². The lowest BCUT2D eigenvalue weighted by molar-refractivity contribution is -0.185. The fourth-order valence-electron chi connectivity index (χ4n) is 2.28. The van der Waals surface area contributed by atoms with Crippen molar-refractivity contribution >= 4 is 29.6 Å². The molecule has 162 valence electrons. The van der Waals surface area contributed by atoms with Crippen LogP contribution in [0.25, 0.3) is 0 Å². The molecule has 0 saturated heterocycles. The van der Waals surface area contributed by atoms with E-state index in [0.29, 0.717) is 5.69 Å². The van der Waals surface area contributed by atoms with Crippen LogP contribution in [-0.4, -0.2) is 48.8 Å². The second kappa shape index (κ2) is 12.8. The van der Waals surface area contributed by atoms with Crippen LogP contribution in [0.1, 0.15) is 27.7 Å². The molecule has 0 radical (unpaired) electrons. The Hall–Kier alpha value is -3.56. The van der Waals surface area contributed by atoms with Gasteiger partial charge >= 0.3 is 23.9 Å². The standard InChI is InChI=1S/C20H24N2O8/c1-13(23)27-12-19(29-15(3)25)20(30-16(4)26)18(28-14(2)24)10-11-21-22-17-8-6-5-7-9-17/h5-11,18-20H,12H2,1-4H3/b11-10+,22-21?/t18-,19+,20-/m1/s1. The fourth-order valence-corrected chi connectivity index (χ4v) is 2.28. The van der Waals surface area contributed by atoms with E-state index in [2.05, 4.69) is 10.2 Å².